The van der Waals surface area contributed by atoms with Crippen molar-refractivity contribution in [2.45, 2.75) is 19.3 Å². The maximum Gasteiger partial charge on any atom is 0.135 e. The lowest BCUT2D eigenvalue weighted by Gasteiger charge is -2.23. The van der Waals surface area contributed by atoms with Crippen molar-refractivity contribution in [1.82, 2.24) is 9.13 Å². The third-order valence-electron chi connectivity index (χ3n) is 13.7. The fourth-order valence-corrected chi connectivity index (χ4v) is 12.1. The predicted octanol–water partition coefficient (Wildman–Crippen LogP) is 16.1. The maximum absolute atomic E-state index is 6.23. The molecule has 0 unspecified atom stereocenters. The zero-order valence-corrected chi connectivity index (χ0v) is 34.3. The highest BCUT2D eigenvalue weighted by atomic mass is 32.1. The van der Waals surface area contributed by atoms with E-state index in [1.165, 1.54) is 103 Å². The third kappa shape index (κ3) is 4.47. The fraction of sp³-hybridized carbons (Fsp3) is 0.0526. The monoisotopic (exact) mass is 796 g/mol. The van der Waals surface area contributed by atoms with Gasteiger partial charge in [-0.15, -0.1) is 11.3 Å². The molecule has 0 spiro atoms. The van der Waals surface area contributed by atoms with Gasteiger partial charge in [0.1, 0.15) is 11.2 Å². The first-order valence-corrected chi connectivity index (χ1v) is 21.9. The normalized spacial score (nSPS) is 13.5. The van der Waals surface area contributed by atoms with Gasteiger partial charge in [0, 0.05) is 69.3 Å². The number of hydrogen-bond donors (Lipinski definition) is 0. The van der Waals surface area contributed by atoms with E-state index in [-0.39, 0.29) is 5.41 Å². The van der Waals surface area contributed by atoms with Crippen LogP contribution < -0.4 is 0 Å². The van der Waals surface area contributed by atoms with E-state index in [1.807, 2.05) is 23.5 Å². The van der Waals surface area contributed by atoms with Crippen molar-refractivity contribution in [1.29, 1.82) is 0 Å². The summed E-state index contributed by atoms with van der Waals surface area (Å²) in [6.45, 7) is 4.83. The molecule has 0 saturated carbocycles. The van der Waals surface area contributed by atoms with Crippen molar-refractivity contribution in [2.24, 2.45) is 0 Å². The van der Waals surface area contributed by atoms with E-state index < -0.39 is 0 Å². The van der Waals surface area contributed by atoms with Gasteiger partial charge in [0.2, 0.25) is 0 Å². The van der Waals surface area contributed by atoms with Crippen LogP contribution in [0.1, 0.15) is 25.0 Å². The Balaban J connectivity index is 0.928. The predicted molar refractivity (Wildman–Crippen MR) is 258 cm³/mol. The van der Waals surface area contributed by atoms with Crippen LogP contribution in [0.15, 0.2) is 186 Å². The van der Waals surface area contributed by atoms with Gasteiger partial charge in [0.25, 0.3) is 0 Å². The Morgan fingerprint density at radius 3 is 1.87 bits per heavy atom. The highest BCUT2D eigenvalue weighted by Crippen LogP contribution is 2.54. The molecule has 0 fully saturated rings. The van der Waals surface area contributed by atoms with Crippen LogP contribution in [0.25, 0.3) is 119 Å². The van der Waals surface area contributed by atoms with E-state index in [9.17, 15) is 0 Å². The average Bonchev–Trinajstić information content (AvgIpc) is 4.09. The lowest BCUT2D eigenvalue weighted by Crippen LogP contribution is -2.15. The summed E-state index contributed by atoms with van der Waals surface area (Å²) in [5.41, 5.74) is 16.7. The van der Waals surface area contributed by atoms with Crippen LogP contribution in [0.3, 0.4) is 0 Å². The van der Waals surface area contributed by atoms with Gasteiger partial charge in [-0.1, -0.05) is 117 Å². The lowest BCUT2D eigenvalue weighted by atomic mass is 9.80. The lowest BCUT2D eigenvalue weighted by molar-refractivity contribution is 0.666. The van der Waals surface area contributed by atoms with Gasteiger partial charge in [-0.2, -0.15) is 0 Å². The zero-order valence-electron chi connectivity index (χ0n) is 33.5. The van der Waals surface area contributed by atoms with Crippen molar-refractivity contribution in [3.05, 3.63) is 193 Å². The van der Waals surface area contributed by atoms with E-state index in [2.05, 4.69) is 193 Å². The Bertz CT molecular complexity index is 4040. The van der Waals surface area contributed by atoms with Crippen molar-refractivity contribution in [3.8, 4) is 33.6 Å². The number of fused-ring (bicyclic) bond motifs is 16. The summed E-state index contributed by atoms with van der Waals surface area (Å²) in [6, 6.07) is 67.3. The molecule has 0 atom stereocenters. The molecule has 13 aromatic rings. The van der Waals surface area contributed by atoms with Gasteiger partial charge in [-0.3, -0.25) is 0 Å². The molecule has 0 radical (unpaired) electrons. The quantitative estimate of drug-likeness (QED) is 0.175. The number of thiophene rings is 1. The number of rotatable bonds is 3. The Kier molecular flexibility index (Phi) is 6.51. The summed E-state index contributed by atoms with van der Waals surface area (Å²) in [4.78, 5) is 0. The molecule has 61 heavy (non-hydrogen) atoms. The van der Waals surface area contributed by atoms with Gasteiger partial charge in [-0.05, 0) is 112 Å². The Morgan fingerprint density at radius 1 is 0.410 bits per heavy atom. The topological polar surface area (TPSA) is 23.0 Å². The third-order valence-corrected chi connectivity index (χ3v) is 14.8. The molecule has 14 rings (SSSR count). The van der Waals surface area contributed by atoms with Gasteiger partial charge in [-0.25, -0.2) is 0 Å². The molecular formula is C57H36N2OS. The molecule has 4 heteroatoms. The van der Waals surface area contributed by atoms with E-state index in [0.29, 0.717) is 0 Å². The van der Waals surface area contributed by atoms with E-state index in [1.54, 1.807) is 0 Å². The Hall–Kier alpha value is -7.40. The standard InChI is InChI=1S/C57H36N2OS/c1-57(2)46-32-36(21-24-37(46)42-25-28-54-55(56(42)57)43-14-6-10-18-53(43)61-54)58-48-16-8-4-12-39(48)44-29-33(20-26-49(44)58)34-19-23-40-38-11-3-7-15-47(38)59(50(40)30-34)35-22-27-52-45(31-35)41-13-5-9-17-51(41)60-52/h3-32H,1-2H3. The van der Waals surface area contributed by atoms with Crippen molar-refractivity contribution in [3.63, 3.8) is 0 Å². The fourth-order valence-electron chi connectivity index (χ4n) is 11.0. The summed E-state index contributed by atoms with van der Waals surface area (Å²) in [5.74, 6) is 0. The number of hydrogen-bond acceptors (Lipinski definition) is 2. The van der Waals surface area contributed by atoms with Gasteiger partial charge >= 0.3 is 0 Å². The van der Waals surface area contributed by atoms with E-state index in [0.717, 1.165) is 27.6 Å². The first kappa shape index (κ1) is 33.4. The van der Waals surface area contributed by atoms with Crippen molar-refractivity contribution < 1.29 is 4.42 Å². The minimum atomic E-state index is -0.158. The second-order valence-corrected chi connectivity index (χ2v) is 18.3. The molecule has 0 aliphatic heterocycles. The number of aromatic nitrogens is 2. The molecule has 3 nitrogen and oxygen atoms in total. The average molecular weight is 797 g/mol. The molecule has 1 aliphatic rings. The van der Waals surface area contributed by atoms with Crippen LogP contribution in [0.4, 0.5) is 0 Å². The second-order valence-electron chi connectivity index (χ2n) is 17.3. The molecule has 4 aromatic heterocycles. The number of nitrogens with zero attached hydrogens (tertiary/aromatic N) is 2. The van der Waals surface area contributed by atoms with Crippen LogP contribution in [-0.2, 0) is 5.41 Å². The molecule has 9 aromatic carbocycles. The van der Waals surface area contributed by atoms with Gasteiger partial charge in [0.15, 0.2) is 0 Å². The first-order valence-electron chi connectivity index (χ1n) is 21.1. The molecule has 0 bridgehead atoms. The molecule has 4 heterocycles. The van der Waals surface area contributed by atoms with Gasteiger partial charge < -0.3 is 13.6 Å². The summed E-state index contributed by atoms with van der Waals surface area (Å²) < 4.78 is 13.8. The van der Waals surface area contributed by atoms with Crippen LogP contribution in [0.5, 0.6) is 0 Å². The molecular weight excluding hydrogens is 761 g/mol. The van der Waals surface area contributed by atoms with Crippen LogP contribution >= 0.6 is 11.3 Å². The largest absolute Gasteiger partial charge is 0.456 e. The molecule has 0 saturated heterocycles. The molecule has 286 valence electrons. The number of para-hydroxylation sites is 3. The van der Waals surface area contributed by atoms with Crippen LogP contribution in [0.2, 0.25) is 0 Å². The maximum atomic E-state index is 6.23. The van der Waals surface area contributed by atoms with Crippen molar-refractivity contribution >= 4 is 97.1 Å². The molecule has 0 amide bonds. The smallest absolute Gasteiger partial charge is 0.135 e. The first-order chi connectivity index (χ1) is 30.0. The highest BCUT2D eigenvalue weighted by Gasteiger charge is 2.38. The SMILES string of the molecule is CC1(C)c2cc(-n3c4ccccc4c4cc(-c5ccc6c7ccccc7n(-c7ccc8oc9ccccc9c8c7)c6c5)ccc43)ccc2-c2ccc3sc4ccccc4c3c21. The minimum absolute atomic E-state index is 0.158. The highest BCUT2D eigenvalue weighted by molar-refractivity contribution is 7.25. The minimum Gasteiger partial charge on any atom is -0.456 e. The number of benzene rings is 9. The summed E-state index contributed by atoms with van der Waals surface area (Å²) in [5, 5.41) is 10.0. The van der Waals surface area contributed by atoms with Gasteiger partial charge in [0.05, 0.1) is 22.1 Å². The van der Waals surface area contributed by atoms with E-state index in [4.69, 9.17) is 4.42 Å². The second kappa shape index (κ2) is 11.9. The number of furan rings is 1. The summed E-state index contributed by atoms with van der Waals surface area (Å²) in [7, 11) is 0. The Morgan fingerprint density at radius 2 is 1.02 bits per heavy atom. The van der Waals surface area contributed by atoms with Crippen molar-refractivity contribution in [2.75, 3.05) is 0 Å². The summed E-state index contributed by atoms with van der Waals surface area (Å²) >= 11 is 1.90. The van der Waals surface area contributed by atoms with E-state index >= 15 is 0 Å². The molecule has 1 aliphatic carbocycles. The van der Waals surface area contributed by atoms with Crippen LogP contribution in [-0.4, -0.2) is 9.13 Å². The zero-order chi connectivity index (χ0) is 40.1. The summed E-state index contributed by atoms with van der Waals surface area (Å²) in [6.07, 6.45) is 0. The Labute approximate surface area is 354 Å². The molecule has 0 N–H and O–H groups in total. The van der Waals surface area contributed by atoms with Crippen LogP contribution in [0, 0.1) is 0 Å².